The molecule has 112 valence electrons. The Labute approximate surface area is 113 Å². The lowest BCUT2D eigenvalue weighted by atomic mass is 10.2. The summed E-state index contributed by atoms with van der Waals surface area (Å²) in [5.74, 6) is -7.51. The van der Waals surface area contributed by atoms with E-state index in [9.17, 15) is 30.7 Å². The summed E-state index contributed by atoms with van der Waals surface area (Å²) in [6, 6.07) is 3.28. The van der Waals surface area contributed by atoms with E-state index in [2.05, 4.69) is 4.98 Å². The number of aromatic nitrogens is 1. The van der Waals surface area contributed by atoms with E-state index in [0.29, 0.717) is 6.07 Å². The van der Waals surface area contributed by atoms with Gasteiger partial charge in [0.05, 0.1) is 5.56 Å². The first-order chi connectivity index (χ1) is 9.70. The number of pyridine rings is 1. The van der Waals surface area contributed by atoms with E-state index in [1.165, 1.54) is 0 Å². The van der Waals surface area contributed by atoms with Crippen LogP contribution in [0.1, 0.15) is 5.56 Å². The number of nitrogens with one attached hydrogen (secondary N) is 1. The van der Waals surface area contributed by atoms with Crippen molar-refractivity contribution >= 4 is 11.4 Å². The highest BCUT2D eigenvalue weighted by Crippen LogP contribution is 2.32. The Hall–Kier alpha value is -2.32. The van der Waals surface area contributed by atoms with Crippen LogP contribution in [0.3, 0.4) is 0 Å². The van der Waals surface area contributed by atoms with Gasteiger partial charge >= 0.3 is 6.18 Å². The molecule has 0 bridgehead atoms. The van der Waals surface area contributed by atoms with Crippen molar-refractivity contribution in [2.75, 3.05) is 5.32 Å². The zero-order chi connectivity index (χ0) is 15.8. The second-order valence-electron chi connectivity index (χ2n) is 3.90. The Kier molecular flexibility index (Phi) is 3.75. The number of hydrogen-bond donors (Lipinski definition) is 1. The average molecular weight is 310 g/mol. The number of halogens is 7. The molecule has 0 fully saturated rings. The highest BCUT2D eigenvalue weighted by molar-refractivity contribution is 5.61. The lowest BCUT2D eigenvalue weighted by Gasteiger charge is -2.12. The molecule has 0 saturated carbocycles. The maximum Gasteiger partial charge on any atom is 0.416 e. The summed E-state index contributed by atoms with van der Waals surface area (Å²) in [6.07, 6.45) is -4.68. The zero-order valence-electron chi connectivity index (χ0n) is 9.90. The van der Waals surface area contributed by atoms with Gasteiger partial charge in [-0.1, -0.05) is 6.07 Å². The summed E-state index contributed by atoms with van der Waals surface area (Å²) < 4.78 is 89.9. The standard InChI is InChI=1S/C12H5F7N2/c13-7-9(8(14)11(16)21-10(7)15)20-6-3-1-2-5(4-6)12(17,18)19/h1-4H,(H,20,21). The molecule has 0 atom stereocenters. The SMILES string of the molecule is Fc1nc(F)c(F)c(Nc2cccc(C(F)(F)F)c2)c1F. The fraction of sp³-hybridized carbons (Fsp3) is 0.0833. The zero-order valence-corrected chi connectivity index (χ0v) is 9.90. The molecule has 0 spiro atoms. The van der Waals surface area contributed by atoms with E-state index < -0.39 is 46.6 Å². The maximum absolute atomic E-state index is 13.3. The third-order valence-electron chi connectivity index (χ3n) is 2.46. The van der Waals surface area contributed by atoms with Gasteiger partial charge in [-0.15, -0.1) is 0 Å². The largest absolute Gasteiger partial charge is 0.416 e. The molecular weight excluding hydrogens is 305 g/mol. The van der Waals surface area contributed by atoms with Crippen LogP contribution in [-0.4, -0.2) is 4.98 Å². The predicted molar refractivity (Wildman–Crippen MR) is 58.8 cm³/mol. The maximum atomic E-state index is 13.3. The Morgan fingerprint density at radius 2 is 1.48 bits per heavy atom. The van der Waals surface area contributed by atoms with Crippen molar-refractivity contribution in [3.8, 4) is 0 Å². The fourth-order valence-electron chi connectivity index (χ4n) is 1.51. The van der Waals surface area contributed by atoms with Gasteiger partial charge in [-0.05, 0) is 18.2 Å². The number of alkyl halides is 3. The topological polar surface area (TPSA) is 24.9 Å². The quantitative estimate of drug-likeness (QED) is 0.657. The normalized spacial score (nSPS) is 11.6. The molecule has 2 aromatic rings. The Balaban J connectivity index is 2.44. The number of rotatable bonds is 2. The highest BCUT2D eigenvalue weighted by Gasteiger charge is 2.30. The fourth-order valence-corrected chi connectivity index (χ4v) is 1.51. The van der Waals surface area contributed by atoms with Gasteiger partial charge in [0.2, 0.25) is 11.6 Å². The number of nitrogens with zero attached hydrogens (tertiary/aromatic N) is 1. The van der Waals surface area contributed by atoms with Crippen LogP contribution in [0.25, 0.3) is 0 Å². The van der Waals surface area contributed by atoms with Crippen molar-refractivity contribution in [3.63, 3.8) is 0 Å². The molecule has 9 heteroatoms. The summed E-state index contributed by atoms with van der Waals surface area (Å²) in [7, 11) is 0. The van der Waals surface area contributed by atoms with Gasteiger partial charge < -0.3 is 5.32 Å². The monoisotopic (exact) mass is 310 g/mol. The molecule has 1 aromatic carbocycles. The molecule has 1 N–H and O–H groups in total. The van der Waals surface area contributed by atoms with E-state index in [0.717, 1.165) is 18.2 Å². The van der Waals surface area contributed by atoms with E-state index in [1.807, 2.05) is 5.32 Å². The molecule has 21 heavy (non-hydrogen) atoms. The second-order valence-corrected chi connectivity index (χ2v) is 3.90. The van der Waals surface area contributed by atoms with Crippen LogP contribution < -0.4 is 5.32 Å². The Morgan fingerprint density at radius 1 is 0.905 bits per heavy atom. The molecule has 0 amide bonds. The van der Waals surface area contributed by atoms with Crippen molar-refractivity contribution in [2.24, 2.45) is 0 Å². The average Bonchev–Trinajstić information content (AvgIpc) is 2.41. The first-order valence-corrected chi connectivity index (χ1v) is 5.34. The first kappa shape index (κ1) is 15.1. The molecule has 2 nitrogen and oxygen atoms in total. The minimum absolute atomic E-state index is 0.396. The molecular formula is C12H5F7N2. The summed E-state index contributed by atoms with van der Waals surface area (Å²) >= 11 is 0. The Morgan fingerprint density at radius 3 is 2.00 bits per heavy atom. The third kappa shape index (κ3) is 3.06. The second kappa shape index (κ2) is 5.23. The van der Waals surface area contributed by atoms with Crippen molar-refractivity contribution in [1.29, 1.82) is 0 Å². The number of anilines is 2. The van der Waals surface area contributed by atoms with Crippen LogP contribution in [0.2, 0.25) is 0 Å². The van der Waals surface area contributed by atoms with Gasteiger partial charge in [0.25, 0.3) is 11.9 Å². The van der Waals surface area contributed by atoms with E-state index in [1.54, 1.807) is 0 Å². The molecule has 0 radical (unpaired) electrons. The molecule has 0 aliphatic carbocycles. The van der Waals surface area contributed by atoms with Crippen LogP contribution in [-0.2, 0) is 6.18 Å². The van der Waals surface area contributed by atoms with Gasteiger partial charge in [-0.25, -0.2) is 0 Å². The van der Waals surface area contributed by atoms with Gasteiger partial charge in [-0.3, -0.25) is 0 Å². The highest BCUT2D eigenvalue weighted by atomic mass is 19.4. The molecule has 1 heterocycles. The van der Waals surface area contributed by atoms with Crippen molar-refractivity contribution in [3.05, 3.63) is 53.4 Å². The van der Waals surface area contributed by atoms with Gasteiger partial charge in [-0.2, -0.15) is 35.7 Å². The summed E-state index contributed by atoms with van der Waals surface area (Å²) in [4.78, 5) is 2.33. The summed E-state index contributed by atoms with van der Waals surface area (Å²) in [5.41, 5.74) is -2.75. The predicted octanol–water partition coefficient (Wildman–Crippen LogP) is 4.40. The number of benzene rings is 1. The summed E-state index contributed by atoms with van der Waals surface area (Å²) in [6.45, 7) is 0. The molecule has 0 aliphatic rings. The third-order valence-corrected chi connectivity index (χ3v) is 2.46. The van der Waals surface area contributed by atoms with Crippen LogP contribution >= 0.6 is 0 Å². The van der Waals surface area contributed by atoms with Gasteiger partial charge in [0.15, 0.2) is 0 Å². The minimum Gasteiger partial charge on any atom is -0.350 e. The summed E-state index contributed by atoms with van der Waals surface area (Å²) in [5, 5.41) is 1.86. The molecule has 1 aromatic heterocycles. The molecule has 0 aliphatic heterocycles. The van der Waals surface area contributed by atoms with E-state index >= 15 is 0 Å². The van der Waals surface area contributed by atoms with Crippen molar-refractivity contribution in [1.82, 2.24) is 4.98 Å². The van der Waals surface area contributed by atoms with Crippen LogP contribution in [0.15, 0.2) is 24.3 Å². The molecule has 2 rings (SSSR count). The van der Waals surface area contributed by atoms with Crippen LogP contribution in [0.4, 0.5) is 42.1 Å². The lowest BCUT2D eigenvalue weighted by Crippen LogP contribution is -2.08. The smallest absolute Gasteiger partial charge is 0.350 e. The van der Waals surface area contributed by atoms with Crippen molar-refractivity contribution in [2.45, 2.75) is 6.18 Å². The van der Waals surface area contributed by atoms with Gasteiger partial charge in [0, 0.05) is 5.69 Å². The van der Waals surface area contributed by atoms with Crippen LogP contribution in [0, 0.1) is 23.5 Å². The van der Waals surface area contributed by atoms with Crippen molar-refractivity contribution < 1.29 is 30.7 Å². The molecule has 0 saturated heterocycles. The molecule has 0 unspecified atom stereocenters. The first-order valence-electron chi connectivity index (χ1n) is 5.34. The van der Waals surface area contributed by atoms with Gasteiger partial charge in [0.1, 0.15) is 5.69 Å². The minimum atomic E-state index is -4.68. The Bertz CT molecular complexity index is 656. The number of hydrogen-bond acceptors (Lipinski definition) is 2. The van der Waals surface area contributed by atoms with Crippen LogP contribution in [0.5, 0.6) is 0 Å². The van der Waals surface area contributed by atoms with E-state index in [4.69, 9.17) is 0 Å². The van der Waals surface area contributed by atoms with E-state index in [-0.39, 0.29) is 0 Å². The lowest BCUT2D eigenvalue weighted by molar-refractivity contribution is -0.137.